The highest BCUT2D eigenvalue weighted by molar-refractivity contribution is 6.57. The molecule has 1 atom stereocenters. The molecule has 1 saturated heterocycles. The van der Waals surface area contributed by atoms with Gasteiger partial charge >= 0.3 is 0 Å². The van der Waals surface area contributed by atoms with Crippen LogP contribution >= 0.6 is 0 Å². The molecule has 0 N–H and O–H groups in total. The average molecular weight is 256 g/mol. The first-order chi connectivity index (χ1) is 9.20. The second-order valence-corrected chi connectivity index (χ2v) is 4.81. The molecule has 2 radical (unpaired) electrons. The van der Waals surface area contributed by atoms with Gasteiger partial charge in [0, 0.05) is 32.6 Å². The average Bonchev–Trinajstić information content (AvgIpc) is 2.40. The number of carbonyl (C=O) groups is 2. The Morgan fingerprint density at radius 2 is 2.05 bits per heavy atom. The van der Waals surface area contributed by atoms with Gasteiger partial charge in [-0.3, -0.25) is 9.69 Å². The number of amides is 1. The van der Waals surface area contributed by atoms with Crippen LogP contribution in [0.25, 0.3) is 0 Å². The molecule has 0 saturated carbocycles. The summed E-state index contributed by atoms with van der Waals surface area (Å²) in [5, 5.41) is 0. The van der Waals surface area contributed by atoms with Gasteiger partial charge in [-0.05, 0) is 5.56 Å². The second-order valence-electron chi connectivity index (χ2n) is 4.81. The van der Waals surface area contributed by atoms with Crippen LogP contribution in [0.1, 0.15) is 12.0 Å². The molecular formula is C14H17BN2O2. The fraction of sp³-hybridized carbons (Fsp3) is 0.429. The van der Waals surface area contributed by atoms with Crippen LogP contribution in [0, 0.1) is 0 Å². The van der Waals surface area contributed by atoms with Crippen molar-refractivity contribution >= 4 is 19.9 Å². The Hall–Kier alpha value is -1.62. The summed E-state index contributed by atoms with van der Waals surface area (Å²) >= 11 is 0. The molecule has 98 valence electrons. The molecule has 1 aromatic carbocycles. The molecule has 0 unspecified atom stereocenters. The number of carbonyl (C=O) groups excluding carboxylic acids is 2. The lowest BCUT2D eigenvalue weighted by Crippen LogP contribution is -2.54. The summed E-state index contributed by atoms with van der Waals surface area (Å²) in [6.07, 6.45) is 1.20. The van der Waals surface area contributed by atoms with E-state index in [-0.39, 0.29) is 6.04 Å². The van der Waals surface area contributed by atoms with Crippen LogP contribution in [-0.2, 0) is 11.3 Å². The maximum absolute atomic E-state index is 11.3. The Morgan fingerprint density at radius 1 is 1.32 bits per heavy atom. The number of benzene rings is 1. The second kappa shape index (κ2) is 6.52. The van der Waals surface area contributed by atoms with Gasteiger partial charge in [-0.25, -0.2) is 0 Å². The first kappa shape index (κ1) is 13.8. The highest BCUT2D eigenvalue weighted by atomic mass is 16.2. The zero-order valence-corrected chi connectivity index (χ0v) is 10.9. The standard InChI is InChI=1S/C14H17BN2O2/c15-14(19)17-8-7-16(11-13(17)6-9-18)10-12-4-2-1-3-5-12/h1-5,9,13H,6-8,10-11H2/t13-/m0/s1. The van der Waals surface area contributed by atoms with Crippen molar-refractivity contribution in [3.05, 3.63) is 35.9 Å². The predicted molar refractivity (Wildman–Crippen MR) is 74.0 cm³/mol. The van der Waals surface area contributed by atoms with E-state index in [0.29, 0.717) is 19.5 Å². The lowest BCUT2D eigenvalue weighted by molar-refractivity contribution is -0.109. The molecule has 1 aliphatic heterocycles. The van der Waals surface area contributed by atoms with Crippen LogP contribution in [0.3, 0.4) is 0 Å². The van der Waals surface area contributed by atoms with Crippen molar-refractivity contribution in [3.63, 3.8) is 0 Å². The van der Waals surface area contributed by atoms with Gasteiger partial charge in [0.2, 0.25) is 7.85 Å². The molecule has 0 aromatic heterocycles. The molecule has 1 heterocycles. The van der Waals surface area contributed by atoms with E-state index in [0.717, 1.165) is 19.4 Å². The van der Waals surface area contributed by atoms with Gasteiger partial charge in [0.05, 0.1) is 6.04 Å². The molecule has 0 aliphatic carbocycles. The van der Waals surface area contributed by atoms with E-state index in [4.69, 9.17) is 7.85 Å². The monoisotopic (exact) mass is 256 g/mol. The predicted octanol–water partition coefficient (Wildman–Crippen LogP) is 1.05. The molecule has 5 heteroatoms. The van der Waals surface area contributed by atoms with Gasteiger partial charge in [0.25, 0.3) is 0 Å². The minimum absolute atomic E-state index is 0.104. The third kappa shape index (κ3) is 3.67. The topological polar surface area (TPSA) is 40.6 Å². The fourth-order valence-corrected chi connectivity index (χ4v) is 2.51. The number of rotatable bonds is 4. The SMILES string of the molecule is [B]C(=O)N1CCN(Cc2ccccc2)C[C@@H]1CC=O. The molecule has 1 amide bonds. The number of piperazine rings is 1. The van der Waals surface area contributed by atoms with Gasteiger partial charge in [-0.15, -0.1) is 0 Å². The maximum Gasteiger partial charge on any atom is 0.200 e. The van der Waals surface area contributed by atoms with Crippen molar-refractivity contribution in [2.24, 2.45) is 0 Å². The van der Waals surface area contributed by atoms with Crippen LogP contribution in [-0.4, -0.2) is 55.4 Å². The zero-order valence-electron chi connectivity index (χ0n) is 10.9. The van der Waals surface area contributed by atoms with E-state index < -0.39 is 5.81 Å². The smallest absolute Gasteiger partial charge is 0.200 e. The fourth-order valence-electron chi connectivity index (χ4n) is 2.51. The van der Waals surface area contributed by atoms with E-state index in [9.17, 15) is 9.59 Å². The Morgan fingerprint density at radius 3 is 2.68 bits per heavy atom. The van der Waals surface area contributed by atoms with Crippen molar-refractivity contribution in [3.8, 4) is 0 Å². The summed E-state index contributed by atoms with van der Waals surface area (Å²) in [6.45, 7) is 2.90. The van der Waals surface area contributed by atoms with E-state index in [2.05, 4.69) is 17.0 Å². The number of hydrogen-bond acceptors (Lipinski definition) is 3. The minimum Gasteiger partial charge on any atom is -0.347 e. The molecule has 2 rings (SSSR count). The molecule has 0 bridgehead atoms. The Labute approximate surface area is 114 Å². The summed E-state index contributed by atoms with van der Waals surface area (Å²) in [7, 11) is 5.34. The molecular weight excluding hydrogens is 239 g/mol. The molecule has 1 aromatic rings. The molecule has 1 aliphatic rings. The van der Waals surface area contributed by atoms with Gasteiger partial charge in [-0.2, -0.15) is 0 Å². The lowest BCUT2D eigenvalue weighted by atomic mass is 10.0. The maximum atomic E-state index is 11.3. The zero-order chi connectivity index (χ0) is 13.7. The summed E-state index contributed by atoms with van der Waals surface area (Å²) < 4.78 is 0. The van der Waals surface area contributed by atoms with E-state index in [1.165, 1.54) is 5.56 Å². The van der Waals surface area contributed by atoms with Crippen LogP contribution in [0.5, 0.6) is 0 Å². The van der Waals surface area contributed by atoms with Crippen molar-refractivity contribution in [1.82, 2.24) is 9.80 Å². The first-order valence-electron chi connectivity index (χ1n) is 6.46. The Kier molecular flexibility index (Phi) is 4.74. The molecule has 19 heavy (non-hydrogen) atoms. The highest BCUT2D eigenvalue weighted by Gasteiger charge is 2.27. The molecule has 4 nitrogen and oxygen atoms in total. The van der Waals surface area contributed by atoms with Gasteiger partial charge in [0.1, 0.15) is 6.29 Å². The van der Waals surface area contributed by atoms with Crippen LogP contribution in [0.4, 0.5) is 4.79 Å². The number of aldehydes is 1. The summed E-state index contributed by atoms with van der Waals surface area (Å²) in [5.41, 5.74) is 1.24. The van der Waals surface area contributed by atoms with Crippen molar-refractivity contribution in [1.29, 1.82) is 0 Å². The number of hydrogen-bond donors (Lipinski definition) is 0. The normalized spacial score (nSPS) is 20.2. The van der Waals surface area contributed by atoms with Crippen LogP contribution in [0.15, 0.2) is 30.3 Å². The van der Waals surface area contributed by atoms with Gasteiger partial charge in [-0.1, -0.05) is 30.3 Å². The summed E-state index contributed by atoms with van der Waals surface area (Å²) in [6, 6.07) is 10.1. The van der Waals surface area contributed by atoms with E-state index in [1.807, 2.05) is 18.2 Å². The lowest BCUT2D eigenvalue weighted by Gasteiger charge is -2.41. The Balaban J connectivity index is 1.98. The minimum atomic E-state index is -0.439. The molecule has 0 spiro atoms. The number of nitrogens with zero attached hydrogens (tertiary/aromatic N) is 2. The summed E-state index contributed by atoms with van der Waals surface area (Å²) in [5.74, 6) is -0.439. The Bertz CT molecular complexity index is 438. The van der Waals surface area contributed by atoms with Gasteiger partial charge < -0.3 is 9.69 Å². The third-order valence-electron chi connectivity index (χ3n) is 3.47. The largest absolute Gasteiger partial charge is 0.347 e. The first-order valence-corrected chi connectivity index (χ1v) is 6.46. The highest BCUT2D eigenvalue weighted by Crippen LogP contribution is 2.15. The third-order valence-corrected chi connectivity index (χ3v) is 3.47. The molecule has 1 fully saturated rings. The van der Waals surface area contributed by atoms with Crippen molar-refractivity contribution in [2.75, 3.05) is 19.6 Å². The van der Waals surface area contributed by atoms with E-state index in [1.54, 1.807) is 4.90 Å². The summed E-state index contributed by atoms with van der Waals surface area (Å²) in [4.78, 5) is 25.9. The van der Waals surface area contributed by atoms with Gasteiger partial charge in [0.15, 0.2) is 5.81 Å². The van der Waals surface area contributed by atoms with Crippen molar-refractivity contribution in [2.45, 2.75) is 19.0 Å². The van der Waals surface area contributed by atoms with Crippen LogP contribution < -0.4 is 0 Å². The quantitative estimate of drug-likeness (QED) is 0.597. The van der Waals surface area contributed by atoms with E-state index >= 15 is 0 Å². The van der Waals surface area contributed by atoms with Crippen molar-refractivity contribution < 1.29 is 9.59 Å². The van der Waals surface area contributed by atoms with Crippen LogP contribution in [0.2, 0.25) is 0 Å².